The van der Waals surface area contributed by atoms with Crippen LogP contribution in [0.1, 0.15) is 24.4 Å². The molecule has 32 heavy (non-hydrogen) atoms. The fourth-order valence-electron chi connectivity index (χ4n) is 4.04. The van der Waals surface area contributed by atoms with Crippen LogP contribution in [-0.4, -0.2) is 42.7 Å². The first-order valence-electron chi connectivity index (χ1n) is 10.4. The van der Waals surface area contributed by atoms with Crippen molar-refractivity contribution in [2.45, 2.75) is 25.8 Å². The fourth-order valence-corrected chi connectivity index (χ4v) is 4.04. The van der Waals surface area contributed by atoms with Crippen LogP contribution >= 0.6 is 0 Å². The van der Waals surface area contributed by atoms with E-state index >= 15 is 0 Å². The molecule has 0 radical (unpaired) electrons. The summed E-state index contributed by atoms with van der Waals surface area (Å²) in [5.74, 6) is 0.799. The van der Waals surface area contributed by atoms with E-state index < -0.39 is 0 Å². The van der Waals surface area contributed by atoms with Gasteiger partial charge in [0.1, 0.15) is 23.5 Å². The summed E-state index contributed by atoms with van der Waals surface area (Å²) in [7, 11) is 0. The van der Waals surface area contributed by atoms with Gasteiger partial charge in [-0.3, -0.25) is 4.90 Å². The molecule has 3 aromatic heterocycles. The van der Waals surface area contributed by atoms with Crippen LogP contribution in [0, 0.1) is 12.7 Å². The van der Waals surface area contributed by atoms with Crippen molar-refractivity contribution in [1.82, 2.24) is 29.5 Å². The van der Waals surface area contributed by atoms with Crippen LogP contribution in [0.15, 0.2) is 55.9 Å². The van der Waals surface area contributed by atoms with E-state index in [0.29, 0.717) is 36.0 Å². The Morgan fingerprint density at radius 2 is 1.94 bits per heavy atom. The van der Waals surface area contributed by atoms with Crippen molar-refractivity contribution >= 4 is 22.8 Å². The molecule has 0 unspecified atom stereocenters. The zero-order valence-corrected chi connectivity index (χ0v) is 17.6. The Balaban J connectivity index is 1.68. The fraction of sp³-hybridized carbons (Fsp3) is 0.261. The summed E-state index contributed by atoms with van der Waals surface area (Å²) in [4.78, 5) is 24.2. The van der Waals surface area contributed by atoms with Crippen LogP contribution in [0.4, 0.5) is 16.0 Å². The van der Waals surface area contributed by atoms with Crippen molar-refractivity contribution in [1.29, 1.82) is 0 Å². The summed E-state index contributed by atoms with van der Waals surface area (Å²) in [6.45, 7) is 7.15. The number of aryl methyl sites for hydroxylation is 1. The zero-order chi connectivity index (χ0) is 22.1. The summed E-state index contributed by atoms with van der Waals surface area (Å²) < 4.78 is 21.7. The largest absolute Gasteiger partial charge is 0.381 e. The number of hydrogen-bond donors (Lipinski definition) is 0. The molecule has 0 atom stereocenters. The SMILES string of the molecule is C=CN(c1ncc2nc(-c3cncnc3)n(C3CCOCC3)c2n1)c1cc(F)ccc1C. The van der Waals surface area contributed by atoms with Gasteiger partial charge in [-0.15, -0.1) is 0 Å². The molecule has 1 aromatic carbocycles. The summed E-state index contributed by atoms with van der Waals surface area (Å²) in [6, 6.07) is 4.77. The van der Waals surface area contributed by atoms with Crippen molar-refractivity contribution in [2.75, 3.05) is 18.1 Å². The predicted octanol–water partition coefficient (Wildman–Crippen LogP) is 4.36. The van der Waals surface area contributed by atoms with Crippen LogP contribution in [0.25, 0.3) is 22.6 Å². The minimum absolute atomic E-state index is 0.166. The molecular formula is C23H22FN7O. The second-order valence-corrected chi connectivity index (χ2v) is 7.64. The van der Waals surface area contributed by atoms with Crippen molar-refractivity contribution in [3.63, 3.8) is 0 Å². The minimum atomic E-state index is -0.336. The number of nitrogens with zero attached hydrogens (tertiary/aromatic N) is 7. The van der Waals surface area contributed by atoms with Crippen LogP contribution in [0.5, 0.6) is 0 Å². The van der Waals surface area contributed by atoms with E-state index in [2.05, 4.69) is 26.1 Å². The summed E-state index contributed by atoms with van der Waals surface area (Å²) in [5, 5.41) is 0. The highest BCUT2D eigenvalue weighted by Crippen LogP contribution is 2.33. The highest BCUT2D eigenvalue weighted by molar-refractivity contribution is 5.78. The summed E-state index contributed by atoms with van der Waals surface area (Å²) >= 11 is 0. The van der Waals surface area contributed by atoms with E-state index in [1.807, 2.05) is 6.92 Å². The maximum atomic E-state index is 14.0. The molecule has 0 aliphatic carbocycles. The molecule has 0 spiro atoms. The van der Waals surface area contributed by atoms with E-state index in [1.54, 1.807) is 35.8 Å². The quantitative estimate of drug-likeness (QED) is 0.464. The van der Waals surface area contributed by atoms with Gasteiger partial charge in [0.25, 0.3) is 0 Å². The number of rotatable bonds is 5. The van der Waals surface area contributed by atoms with Crippen LogP contribution in [-0.2, 0) is 4.74 Å². The normalized spacial score (nSPS) is 14.6. The molecule has 1 fully saturated rings. The third-order valence-electron chi connectivity index (χ3n) is 5.62. The topological polar surface area (TPSA) is 81.9 Å². The van der Waals surface area contributed by atoms with Gasteiger partial charge in [-0.1, -0.05) is 12.6 Å². The van der Waals surface area contributed by atoms with Gasteiger partial charge in [0.15, 0.2) is 5.65 Å². The second-order valence-electron chi connectivity index (χ2n) is 7.64. The number of anilines is 2. The van der Waals surface area contributed by atoms with E-state index in [0.717, 1.165) is 29.8 Å². The molecule has 0 bridgehead atoms. The van der Waals surface area contributed by atoms with E-state index in [9.17, 15) is 4.39 Å². The van der Waals surface area contributed by atoms with Crippen molar-refractivity contribution < 1.29 is 9.13 Å². The number of imidazole rings is 1. The molecule has 1 saturated heterocycles. The van der Waals surface area contributed by atoms with Crippen LogP contribution in [0.3, 0.4) is 0 Å². The molecule has 4 heterocycles. The third kappa shape index (κ3) is 3.60. The Morgan fingerprint density at radius 3 is 2.69 bits per heavy atom. The van der Waals surface area contributed by atoms with Gasteiger partial charge in [0.05, 0.1) is 17.4 Å². The molecule has 0 N–H and O–H groups in total. The Hall–Kier alpha value is -3.72. The molecule has 4 aromatic rings. The number of ether oxygens (including phenoxy) is 1. The average Bonchev–Trinajstić information content (AvgIpc) is 3.22. The van der Waals surface area contributed by atoms with E-state index in [-0.39, 0.29) is 11.9 Å². The summed E-state index contributed by atoms with van der Waals surface area (Å²) in [5.41, 5.74) is 3.68. The molecule has 8 nitrogen and oxygen atoms in total. The molecule has 0 saturated carbocycles. The molecular weight excluding hydrogens is 409 g/mol. The first kappa shape index (κ1) is 20.2. The van der Waals surface area contributed by atoms with Gasteiger partial charge in [-0.2, -0.15) is 4.98 Å². The van der Waals surface area contributed by atoms with E-state index in [4.69, 9.17) is 14.7 Å². The van der Waals surface area contributed by atoms with Crippen LogP contribution in [0.2, 0.25) is 0 Å². The van der Waals surface area contributed by atoms with Gasteiger partial charge in [0.2, 0.25) is 5.95 Å². The lowest BCUT2D eigenvalue weighted by atomic mass is 10.1. The maximum Gasteiger partial charge on any atom is 0.236 e. The lowest BCUT2D eigenvalue weighted by molar-refractivity contribution is 0.0708. The number of benzene rings is 1. The minimum Gasteiger partial charge on any atom is -0.381 e. The average molecular weight is 431 g/mol. The van der Waals surface area contributed by atoms with Crippen molar-refractivity contribution in [2.24, 2.45) is 0 Å². The second kappa shape index (κ2) is 8.43. The van der Waals surface area contributed by atoms with Crippen molar-refractivity contribution in [3.05, 3.63) is 67.3 Å². The van der Waals surface area contributed by atoms with Crippen molar-refractivity contribution in [3.8, 4) is 11.4 Å². The van der Waals surface area contributed by atoms with Gasteiger partial charge < -0.3 is 9.30 Å². The Labute approximate surface area is 184 Å². The monoisotopic (exact) mass is 431 g/mol. The lowest BCUT2D eigenvalue weighted by Crippen LogP contribution is -2.21. The number of aromatic nitrogens is 6. The van der Waals surface area contributed by atoms with Gasteiger partial charge in [-0.05, 0) is 37.5 Å². The summed E-state index contributed by atoms with van der Waals surface area (Å²) in [6.07, 6.45) is 9.94. The number of fused-ring (bicyclic) bond motifs is 1. The van der Waals surface area contributed by atoms with Crippen LogP contribution < -0.4 is 4.90 Å². The van der Waals surface area contributed by atoms with Gasteiger partial charge >= 0.3 is 0 Å². The molecule has 1 aliphatic rings. The predicted molar refractivity (Wildman–Crippen MR) is 119 cm³/mol. The zero-order valence-electron chi connectivity index (χ0n) is 17.6. The lowest BCUT2D eigenvalue weighted by Gasteiger charge is -2.25. The molecule has 1 aliphatic heterocycles. The molecule has 9 heteroatoms. The Kier molecular flexibility index (Phi) is 5.32. The van der Waals surface area contributed by atoms with E-state index in [1.165, 1.54) is 18.5 Å². The molecule has 5 rings (SSSR count). The smallest absolute Gasteiger partial charge is 0.236 e. The highest BCUT2D eigenvalue weighted by atomic mass is 19.1. The maximum absolute atomic E-state index is 14.0. The highest BCUT2D eigenvalue weighted by Gasteiger charge is 2.25. The molecule has 0 amide bonds. The third-order valence-corrected chi connectivity index (χ3v) is 5.62. The first-order valence-corrected chi connectivity index (χ1v) is 10.4. The van der Waals surface area contributed by atoms with Gasteiger partial charge in [-0.25, -0.2) is 24.3 Å². The number of hydrogen-bond acceptors (Lipinski definition) is 7. The van der Waals surface area contributed by atoms with Gasteiger partial charge in [0, 0.05) is 37.8 Å². The molecule has 162 valence electrons. The number of halogens is 1. The first-order chi connectivity index (χ1) is 15.7. The Morgan fingerprint density at radius 1 is 1.16 bits per heavy atom. The standard InChI is InChI=1S/C23H22FN7O/c1-3-30(20-10-17(24)5-4-15(20)2)23-27-13-19-22(29-23)31(18-6-8-32-9-7-18)21(28-19)16-11-25-14-26-12-16/h3-5,10-14,18H,1,6-9H2,2H3. The Bertz CT molecular complexity index is 1270.